The molecule has 2 aromatic rings. The van der Waals surface area contributed by atoms with E-state index in [-0.39, 0.29) is 16.2 Å². The van der Waals surface area contributed by atoms with E-state index >= 15 is 0 Å². The Morgan fingerprint density at radius 3 is 2.48 bits per heavy atom. The first-order valence-electron chi connectivity index (χ1n) is 10.1. The highest BCUT2D eigenvalue weighted by molar-refractivity contribution is 7.89. The maximum atomic E-state index is 14.1. The van der Waals surface area contributed by atoms with Gasteiger partial charge in [0.2, 0.25) is 10.0 Å². The normalized spacial score (nSPS) is 23.3. The van der Waals surface area contributed by atoms with E-state index in [4.69, 9.17) is 0 Å². The van der Waals surface area contributed by atoms with Crippen LogP contribution in [0.4, 0.5) is 4.39 Å². The molecule has 2 fully saturated rings. The van der Waals surface area contributed by atoms with Crippen LogP contribution in [-0.4, -0.2) is 64.6 Å². The number of piperidine rings is 1. The molecule has 1 aromatic carbocycles. The van der Waals surface area contributed by atoms with E-state index in [1.807, 2.05) is 11.6 Å². The van der Waals surface area contributed by atoms with Gasteiger partial charge in [0.1, 0.15) is 22.9 Å². The molecule has 0 N–H and O–H groups in total. The third-order valence-corrected chi connectivity index (χ3v) is 8.57. The average molecular weight is 422 g/mol. The third-order valence-electron chi connectivity index (χ3n) is 6.64. The zero-order valence-electron chi connectivity index (χ0n) is 17.1. The lowest BCUT2D eigenvalue weighted by Gasteiger charge is -2.42. The highest BCUT2D eigenvalue weighted by Crippen LogP contribution is 2.50. The Bertz CT molecular complexity index is 982. The lowest BCUT2D eigenvalue weighted by molar-refractivity contribution is 0.131. The van der Waals surface area contributed by atoms with Crippen molar-refractivity contribution in [3.63, 3.8) is 0 Å². The minimum absolute atomic E-state index is 0.0493. The van der Waals surface area contributed by atoms with Crippen molar-refractivity contribution in [1.82, 2.24) is 24.0 Å². The largest absolute Gasteiger partial charge is 0.320 e. The molecule has 1 spiro atoms. The van der Waals surface area contributed by atoms with Gasteiger partial charge in [0.05, 0.1) is 0 Å². The van der Waals surface area contributed by atoms with Gasteiger partial charge in [-0.2, -0.15) is 4.31 Å². The van der Waals surface area contributed by atoms with E-state index in [2.05, 4.69) is 28.9 Å². The van der Waals surface area contributed by atoms with Gasteiger partial charge < -0.3 is 4.57 Å². The molecule has 158 valence electrons. The Balaban J connectivity index is 1.59. The molecule has 2 aliphatic rings. The summed E-state index contributed by atoms with van der Waals surface area (Å²) in [7, 11) is -1.88. The monoisotopic (exact) mass is 421 g/mol. The smallest absolute Gasteiger partial charge is 0.245 e. The van der Waals surface area contributed by atoms with E-state index < -0.39 is 15.8 Å². The summed E-state index contributed by atoms with van der Waals surface area (Å²) in [6.45, 7) is 6.95. The zero-order valence-corrected chi connectivity index (χ0v) is 17.9. The van der Waals surface area contributed by atoms with Crippen LogP contribution in [0.15, 0.2) is 35.5 Å². The second-order valence-electron chi connectivity index (χ2n) is 8.57. The Labute approximate surface area is 171 Å². The molecule has 1 unspecified atom stereocenters. The van der Waals surface area contributed by atoms with Gasteiger partial charge in [0.25, 0.3) is 0 Å². The van der Waals surface area contributed by atoms with Crippen molar-refractivity contribution in [3.8, 4) is 0 Å². The molecule has 0 radical (unpaired) electrons. The van der Waals surface area contributed by atoms with Gasteiger partial charge in [-0.15, -0.1) is 10.2 Å². The molecule has 0 bridgehead atoms. The van der Waals surface area contributed by atoms with E-state index in [0.717, 1.165) is 31.8 Å². The number of nitrogens with zero attached hydrogens (tertiary/aromatic N) is 5. The summed E-state index contributed by atoms with van der Waals surface area (Å²) in [4.78, 5) is 2.21. The van der Waals surface area contributed by atoms with Crippen LogP contribution in [0.5, 0.6) is 0 Å². The Morgan fingerprint density at radius 2 is 1.90 bits per heavy atom. The molecule has 4 rings (SSSR count). The van der Waals surface area contributed by atoms with Gasteiger partial charge in [0, 0.05) is 45.2 Å². The van der Waals surface area contributed by atoms with E-state index in [9.17, 15) is 12.8 Å². The molecule has 9 heteroatoms. The number of likely N-dealkylation sites (tertiary alicyclic amines) is 1. The van der Waals surface area contributed by atoms with Crippen LogP contribution < -0.4 is 0 Å². The van der Waals surface area contributed by atoms with Crippen LogP contribution in [-0.2, 0) is 17.1 Å². The van der Waals surface area contributed by atoms with Crippen molar-refractivity contribution in [2.45, 2.75) is 43.5 Å². The summed E-state index contributed by atoms with van der Waals surface area (Å²) in [5.41, 5.74) is -0.0493. The molecule has 1 atom stereocenters. The number of rotatable bonds is 4. The van der Waals surface area contributed by atoms with Gasteiger partial charge in [-0.25, -0.2) is 12.8 Å². The lowest BCUT2D eigenvalue weighted by Crippen LogP contribution is -2.46. The lowest BCUT2D eigenvalue weighted by atomic mass is 9.71. The standard InChI is InChI=1S/C20H28FN5O2S/c1-15(2)25-12-16(19-23-22-14-24(19)3)20(13-25)8-10-26(11-9-20)29(27,28)18-7-5-4-6-17(18)21/h4-7,14-16H,8-13H2,1-3H3. The van der Waals surface area contributed by atoms with Gasteiger partial charge in [0.15, 0.2) is 0 Å². The second-order valence-corrected chi connectivity index (χ2v) is 10.5. The minimum atomic E-state index is -3.84. The maximum absolute atomic E-state index is 14.1. The number of aryl methyl sites for hydroxylation is 1. The Hall–Kier alpha value is -1.84. The van der Waals surface area contributed by atoms with Crippen molar-refractivity contribution >= 4 is 10.0 Å². The fourth-order valence-electron chi connectivity index (χ4n) is 4.84. The molecule has 29 heavy (non-hydrogen) atoms. The molecule has 0 aliphatic carbocycles. The first kappa shape index (κ1) is 20.4. The first-order chi connectivity index (χ1) is 13.7. The molecule has 0 amide bonds. The van der Waals surface area contributed by atoms with E-state index in [1.165, 1.54) is 22.5 Å². The molecular weight excluding hydrogens is 393 g/mol. The molecule has 2 saturated heterocycles. The summed E-state index contributed by atoms with van der Waals surface area (Å²) in [6.07, 6.45) is 3.17. The van der Waals surface area contributed by atoms with Crippen LogP contribution in [0.3, 0.4) is 0 Å². The molecule has 7 nitrogen and oxygen atoms in total. The number of benzene rings is 1. The van der Waals surface area contributed by atoms with Crippen LogP contribution in [0.1, 0.15) is 38.4 Å². The number of aromatic nitrogens is 3. The van der Waals surface area contributed by atoms with Crippen molar-refractivity contribution < 1.29 is 12.8 Å². The first-order valence-corrected chi connectivity index (χ1v) is 11.5. The fourth-order valence-corrected chi connectivity index (χ4v) is 6.34. The van der Waals surface area contributed by atoms with Crippen LogP contribution in [0.25, 0.3) is 0 Å². The summed E-state index contributed by atoms with van der Waals surface area (Å²) in [5.74, 6) is 0.464. The Morgan fingerprint density at radius 1 is 1.21 bits per heavy atom. The highest BCUT2D eigenvalue weighted by atomic mass is 32.2. The molecule has 2 aliphatic heterocycles. The van der Waals surface area contributed by atoms with Gasteiger partial charge in [-0.05, 0) is 44.2 Å². The zero-order chi connectivity index (χ0) is 20.8. The van der Waals surface area contributed by atoms with Gasteiger partial charge >= 0.3 is 0 Å². The number of hydrogen-bond donors (Lipinski definition) is 0. The second kappa shape index (κ2) is 7.45. The average Bonchev–Trinajstić information content (AvgIpc) is 3.26. The quantitative estimate of drug-likeness (QED) is 0.757. The van der Waals surface area contributed by atoms with Gasteiger partial charge in [-0.1, -0.05) is 12.1 Å². The fraction of sp³-hybridized carbons (Fsp3) is 0.600. The molecule has 1 aromatic heterocycles. The van der Waals surface area contributed by atoms with Gasteiger partial charge in [-0.3, -0.25) is 4.90 Å². The summed E-state index contributed by atoms with van der Waals surface area (Å²) in [5, 5.41) is 8.44. The van der Waals surface area contributed by atoms with Crippen molar-refractivity contribution in [2.24, 2.45) is 12.5 Å². The van der Waals surface area contributed by atoms with E-state index in [0.29, 0.717) is 19.1 Å². The predicted octanol–water partition coefficient (Wildman–Crippen LogP) is 2.23. The Kier molecular flexibility index (Phi) is 5.25. The summed E-state index contributed by atoms with van der Waals surface area (Å²) < 4.78 is 43.5. The minimum Gasteiger partial charge on any atom is -0.320 e. The van der Waals surface area contributed by atoms with Crippen molar-refractivity contribution in [3.05, 3.63) is 42.2 Å². The summed E-state index contributed by atoms with van der Waals surface area (Å²) in [6, 6.07) is 6.01. The molecule has 0 saturated carbocycles. The molecule has 3 heterocycles. The number of halogens is 1. The van der Waals surface area contributed by atoms with E-state index in [1.54, 1.807) is 12.4 Å². The SMILES string of the molecule is CC(C)N1CC(c2nncn2C)C2(CCN(S(=O)(=O)c3ccccc3F)CC2)C1. The predicted molar refractivity (Wildman–Crippen MR) is 107 cm³/mol. The topological polar surface area (TPSA) is 71.3 Å². The summed E-state index contributed by atoms with van der Waals surface area (Å²) >= 11 is 0. The highest BCUT2D eigenvalue weighted by Gasteiger charge is 2.51. The van der Waals surface area contributed by atoms with Crippen LogP contribution in [0.2, 0.25) is 0 Å². The van der Waals surface area contributed by atoms with Crippen molar-refractivity contribution in [2.75, 3.05) is 26.2 Å². The van der Waals surface area contributed by atoms with Crippen LogP contribution in [0, 0.1) is 11.2 Å². The molecular formula is C20H28FN5O2S. The van der Waals surface area contributed by atoms with Crippen LogP contribution >= 0.6 is 0 Å². The maximum Gasteiger partial charge on any atom is 0.245 e. The third kappa shape index (κ3) is 3.49. The van der Waals surface area contributed by atoms with Crippen molar-refractivity contribution in [1.29, 1.82) is 0 Å². The number of hydrogen-bond acceptors (Lipinski definition) is 5. The number of sulfonamides is 1.